The summed E-state index contributed by atoms with van der Waals surface area (Å²) in [7, 11) is 2.12. The Morgan fingerprint density at radius 2 is 1.88 bits per heavy atom. The second-order valence-corrected chi connectivity index (χ2v) is 5.15. The van der Waals surface area contributed by atoms with Crippen LogP contribution in [0.25, 0.3) is 0 Å². The molecular formula is C12H25N3O2. The number of nitrogens with one attached hydrogen (secondary N) is 1. The largest absolute Gasteiger partial charge is 0.480 e. The van der Waals surface area contributed by atoms with Gasteiger partial charge in [-0.25, -0.2) is 0 Å². The molecule has 5 nitrogen and oxygen atoms in total. The first kappa shape index (κ1) is 14.4. The molecule has 0 aromatic carbocycles. The molecule has 0 saturated carbocycles. The standard InChI is InChI=1S/C12H25N3O2/c1-10(2)13-11(12(16)17)4-5-15-8-6-14(3)7-9-15/h10-11,13H,4-9H2,1-3H3,(H,16,17). The second kappa shape index (κ2) is 6.93. The van der Waals surface area contributed by atoms with E-state index in [-0.39, 0.29) is 6.04 Å². The molecule has 0 aromatic heterocycles. The number of aliphatic carboxylic acids is 1. The number of hydrogen-bond donors (Lipinski definition) is 2. The Bertz CT molecular complexity index is 238. The monoisotopic (exact) mass is 243 g/mol. The molecule has 1 aliphatic rings. The first-order valence-corrected chi connectivity index (χ1v) is 6.39. The molecular weight excluding hydrogens is 218 g/mol. The highest BCUT2D eigenvalue weighted by molar-refractivity contribution is 5.73. The first-order chi connectivity index (χ1) is 7.99. The van der Waals surface area contributed by atoms with Gasteiger partial charge in [0.1, 0.15) is 6.04 Å². The van der Waals surface area contributed by atoms with Gasteiger partial charge in [0.05, 0.1) is 0 Å². The molecule has 2 N–H and O–H groups in total. The lowest BCUT2D eigenvalue weighted by molar-refractivity contribution is -0.140. The molecule has 100 valence electrons. The minimum absolute atomic E-state index is 0.212. The van der Waals surface area contributed by atoms with E-state index in [0.717, 1.165) is 32.7 Å². The number of carboxylic acids is 1. The van der Waals surface area contributed by atoms with Gasteiger partial charge in [-0.3, -0.25) is 4.79 Å². The maximum absolute atomic E-state index is 11.1. The number of nitrogens with zero attached hydrogens (tertiary/aromatic N) is 2. The molecule has 0 amide bonds. The van der Waals surface area contributed by atoms with Gasteiger partial charge in [0.25, 0.3) is 0 Å². The first-order valence-electron chi connectivity index (χ1n) is 6.39. The summed E-state index contributed by atoms with van der Waals surface area (Å²) in [4.78, 5) is 15.7. The van der Waals surface area contributed by atoms with Crippen molar-refractivity contribution in [3.05, 3.63) is 0 Å². The molecule has 1 saturated heterocycles. The number of carboxylic acid groups (broad SMARTS) is 1. The van der Waals surface area contributed by atoms with Gasteiger partial charge in [0.15, 0.2) is 0 Å². The number of hydrogen-bond acceptors (Lipinski definition) is 4. The highest BCUT2D eigenvalue weighted by atomic mass is 16.4. The van der Waals surface area contributed by atoms with Crippen LogP contribution in [0.4, 0.5) is 0 Å². The smallest absolute Gasteiger partial charge is 0.320 e. The molecule has 1 atom stereocenters. The predicted octanol–water partition coefficient (Wildman–Crippen LogP) is 0.0751. The number of piperazine rings is 1. The molecule has 1 rings (SSSR count). The van der Waals surface area contributed by atoms with Crippen molar-refractivity contribution < 1.29 is 9.90 Å². The minimum atomic E-state index is -0.743. The van der Waals surface area contributed by atoms with Crippen molar-refractivity contribution >= 4 is 5.97 Å². The summed E-state index contributed by atoms with van der Waals surface area (Å²) in [5, 5.41) is 12.2. The highest BCUT2D eigenvalue weighted by Crippen LogP contribution is 2.03. The molecule has 5 heteroatoms. The van der Waals surface area contributed by atoms with Crippen LogP contribution in [0, 0.1) is 0 Å². The van der Waals surface area contributed by atoms with Crippen molar-refractivity contribution in [3.63, 3.8) is 0 Å². The Labute approximate surface area is 104 Å². The maximum Gasteiger partial charge on any atom is 0.320 e. The van der Waals surface area contributed by atoms with Crippen LogP contribution in [-0.4, -0.2) is 72.7 Å². The summed E-state index contributed by atoms with van der Waals surface area (Å²) in [6, 6.07) is -0.210. The highest BCUT2D eigenvalue weighted by Gasteiger charge is 2.20. The van der Waals surface area contributed by atoms with E-state index in [4.69, 9.17) is 5.11 Å². The Morgan fingerprint density at radius 1 is 1.29 bits per heavy atom. The van der Waals surface area contributed by atoms with Crippen molar-refractivity contribution in [2.24, 2.45) is 0 Å². The Kier molecular flexibility index (Phi) is 5.88. The fourth-order valence-corrected chi connectivity index (χ4v) is 2.06. The van der Waals surface area contributed by atoms with E-state index in [0.29, 0.717) is 6.42 Å². The zero-order valence-electron chi connectivity index (χ0n) is 11.1. The normalized spacial score (nSPS) is 20.7. The van der Waals surface area contributed by atoms with Gasteiger partial charge in [-0.2, -0.15) is 0 Å². The lowest BCUT2D eigenvalue weighted by Crippen LogP contribution is -2.47. The summed E-state index contributed by atoms with van der Waals surface area (Å²) in [6.45, 7) is 9.07. The lowest BCUT2D eigenvalue weighted by atomic mass is 10.1. The summed E-state index contributed by atoms with van der Waals surface area (Å²) in [5.74, 6) is -0.743. The molecule has 17 heavy (non-hydrogen) atoms. The van der Waals surface area contributed by atoms with Crippen molar-refractivity contribution in [2.45, 2.75) is 32.4 Å². The molecule has 1 unspecified atom stereocenters. The Balaban J connectivity index is 2.29. The van der Waals surface area contributed by atoms with Crippen LogP contribution in [0.3, 0.4) is 0 Å². The van der Waals surface area contributed by atoms with Gasteiger partial charge in [-0.05, 0) is 13.5 Å². The van der Waals surface area contributed by atoms with Crippen LogP contribution in [0.5, 0.6) is 0 Å². The van der Waals surface area contributed by atoms with E-state index in [1.54, 1.807) is 0 Å². The number of carbonyl (C=O) groups is 1. The van der Waals surface area contributed by atoms with Crippen LogP contribution < -0.4 is 5.32 Å². The third-order valence-electron chi connectivity index (χ3n) is 3.16. The van der Waals surface area contributed by atoms with Gasteiger partial charge in [-0.1, -0.05) is 13.8 Å². The van der Waals surface area contributed by atoms with Crippen LogP contribution in [0.1, 0.15) is 20.3 Å². The molecule has 0 bridgehead atoms. The molecule has 1 fully saturated rings. The third kappa shape index (κ3) is 5.48. The van der Waals surface area contributed by atoms with Crippen LogP contribution >= 0.6 is 0 Å². The minimum Gasteiger partial charge on any atom is -0.480 e. The molecule has 0 aromatic rings. The SMILES string of the molecule is CC(C)NC(CCN1CCN(C)CC1)C(=O)O. The van der Waals surface area contributed by atoms with E-state index in [9.17, 15) is 4.79 Å². The van der Waals surface area contributed by atoms with E-state index in [1.165, 1.54) is 0 Å². The molecule has 0 spiro atoms. The quantitative estimate of drug-likeness (QED) is 0.692. The topological polar surface area (TPSA) is 55.8 Å². The summed E-state index contributed by atoms with van der Waals surface area (Å²) in [5.41, 5.74) is 0. The van der Waals surface area contributed by atoms with Crippen LogP contribution in [0.15, 0.2) is 0 Å². The lowest BCUT2D eigenvalue weighted by Gasteiger charge is -2.33. The van der Waals surface area contributed by atoms with E-state index in [1.807, 2.05) is 13.8 Å². The van der Waals surface area contributed by atoms with Crippen LogP contribution in [-0.2, 0) is 4.79 Å². The Morgan fingerprint density at radius 3 is 2.35 bits per heavy atom. The average molecular weight is 243 g/mol. The van der Waals surface area contributed by atoms with Gasteiger partial charge < -0.3 is 20.2 Å². The van der Waals surface area contributed by atoms with Crippen molar-refractivity contribution in [1.29, 1.82) is 0 Å². The van der Waals surface area contributed by atoms with Gasteiger partial charge in [-0.15, -0.1) is 0 Å². The second-order valence-electron chi connectivity index (χ2n) is 5.15. The molecule has 0 radical (unpaired) electrons. The van der Waals surface area contributed by atoms with E-state index < -0.39 is 12.0 Å². The third-order valence-corrected chi connectivity index (χ3v) is 3.16. The molecule has 1 aliphatic heterocycles. The van der Waals surface area contributed by atoms with Gasteiger partial charge in [0, 0.05) is 38.8 Å². The molecule has 0 aliphatic carbocycles. The van der Waals surface area contributed by atoms with E-state index in [2.05, 4.69) is 22.2 Å². The summed E-state index contributed by atoms with van der Waals surface area (Å²) in [6.07, 6.45) is 0.678. The fraction of sp³-hybridized carbons (Fsp3) is 0.917. The van der Waals surface area contributed by atoms with E-state index >= 15 is 0 Å². The molecule has 1 heterocycles. The zero-order chi connectivity index (χ0) is 12.8. The van der Waals surface area contributed by atoms with Crippen molar-refractivity contribution in [3.8, 4) is 0 Å². The van der Waals surface area contributed by atoms with Crippen LogP contribution in [0.2, 0.25) is 0 Å². The number of likely N-dealkylation sites (N-methyl/N-ethyl adjacent to an activating group) is 1. The summed E-state index contributed by atoms with van der Waals surface area (Å²) < 4.78 is 0. The predicted molar refractivity (Wildman–Crippen MR) is 68.2 cm³/mol. The Hall–Kier alpha value is -0.650. The van der Waals surface area contributed by atoms with Gasteiger partial charge >= 0.3 is 5.97 Å². The maximum atomic E-state index is 11.1. The van der Waals surface area contributed by atoms with Gasteiger partial charge in [0.2, 0.25) is 0 Å². The number of rotatable bonds is 6. The van der Waals surface area contributed by atoms with Crippen molar-refractivity contribution in [1.82, 2.24) is 15.1 Å². The summed E-state index contributed by atoms with van der Waals surface area (Å²) >= 11 is 0. The van der Waals surface area contributed by atoms with Crippen molar-refractivity contribution in [2.75, 3.05) is 39.8 Å². The zero-order valence-corrected chi connectivity index (χ0v) is 11.1. The average Bonchev–Trinajstić information content (AvgIpc) is 2.25. The fourth-order valence-electron chi connectivity index (χ4n) is 2.06.